The molecule has 1 atom stereocenters. The van der Waals surface area contributed by atoms with Crippen LogP contribution in [0.5, 0.6) is 0 Å². The Morgan fingerprint density at radius 1 is 1.31 bits per heavy atom. The lowest BCUT2D eigenvalue weighted by Gasteiger charge is -2.16. The Bertz CT molecular complexity index is 186. The molecule has 0 nitrogen and oxygen atoms in total. The lowest BCUT2D eigenvalue weighted by atomic mass is 9.89. The molecule has 0 saturated carbocycles. The van der Waals surface area contributed by atoms with E-state index in [1.807, 2.05) is 0 Å². The van der Waals surface area contributed by atoms with Gasteiger partial charge in [0.1, 0.15) is 0 Å². The van der Waals surface area contributed by atoms with Crippen LogP contribution in [0, 0.1) is 5.92 Å². The Morgan fingerprint density at radius 2 is 2.15 bits per heavy atom. The van der Waals surface area contributed by atoms with Gasteiger partial charge < -0.3 is 0 Å². The quantitative estimate of drug-likeness (QED) is 0.544. The molecule has 0 aromatic heterocycles. The van der Waals surface area contributed by atoms with E-state index in [2.05, 4.69) is 32.1 Å². The summed E-state index contributed by atoms with van der Waals surface area (Å²) < 4.78 is 0. The van der Waals surface area contributed by atoms with Crippen molar-refractivity contribution in [1.29, 1.82) is 0 Å². The Hall–Kier alpha value is -0.520. The van der Waals surface area contributed by atoms with Crippen molar-refractivity contribution in [3.05, 3.63) is 23.8 Å². The molecule has 0 spiro atoms. The Labute approximate surface area is 82.7 Å². The molecule has 0 radical (unpaired) electrons. The molecule has 0 aliphatic heterocycles. The van der Waals surface area contributed by atoms with Crippen LogP contribution in [0.2, 0.25) is 0 Å². The van der Waals surface area contributed by atoms with E-state index in [1.54, 1.807) is 5.57 Å². The minimum absolute atomic E-state index is 0.798. The SMILES string of the molecule is CCCCCCC1=CC=CCC1C. The van der Waals surface area contributed by atoms with Crippen LogP contribution in [0.4, 0.5) is 0 Å². The van der Waals surface area contributed by atoms with Gasteiger partial charge in [-0.15, -0.1) is 0 Å². The van der Waals surface area contributed by atoms with E-state index in [1.165, 1.54) is 38.5 Å². The average molecular weight is 178 g/mol. The predicted octanol–water partition coefficient (Wildman–Crippen LogP) is 4.48. The summed E-state index contributed by atoms with van der Waals surface area (Å²) in [7, 11) is 0. The summed E-state index contributed by atoms with van der Waals surface area (Å²) in [6, 6.07) is 0. The van der Waals surface area contributed by atoms with Crippen LogP contribution in [0.3, 0.4) is 0 Å². The van der Waals surface area contributed by atoms with Gasteiger partial charge in [0.25, 0.3) is 0 Å². The van der Waals surface area contributed by atoms with Crippen LogP contribution in [-0.2, 0) is 0 Å². The lowest BCUT2D eigenvalue weighted by molar-refractivity contribution is 0.599. The molecule has 1 aliphatic rings. The molecule has 1 aliphatic carbocycles. The van der Waals surface area contributed by atoms with Crippen molar-refractivity contribution in [3.8, 4) is 0 Å². The molecular weight excluding hydrogens is 156 g/mol. The van der Waals surface area contributed by atoms with Gasteiger partial charge in [0.2, 0.25) is 0 Å². The number of unbranched alkanes of at least 4 members (excludes halogenated alkanes) is 3. The zero-order chi connectivity index (χ0) is 9.52. The van der Waals surface area contributed by atoms with E-state index in [4.69, 9.17) is 0 Å². The van der Waals surface area contributed by atoms with E-state index in [0.29, 0.717) is 0 Å². The molecule has 0 aromatic rings. The van der Waals surface area contributed by atoms with Crippen molar-refractivity contribution in [2.45, 2.75) is 52.4 Å². The first-order chi connectivity index (χ1) is 6.34. The van der Waals surface area contributed by atoms with Crippen LogP contribution in [0.1, 0.15) is 52.4 Å². The highest BCUT2D eigenvalue weighted by atomic mass is 14.1. The molecule has 1 rings (SSSR count). The van der Waals surface area contributed by atoms with Crippen molar-refractivity contribution in [2.24, 2.45) is 5.92 Å². The fourth-order valence-corrected chi connectivity index (χ4v) is 1.88. The fraction of sp³-hybridized carbons (Fsp3) is 0.692. The third kappa shape index (κ3) is 3.80. The first kappa shape index (κ1) is 10.6. The van der Waals surface area contributed by atoms with Crippen LogP contribution >= 0.6 is 0 Å². The summed E-state index contributed by atoms with van der Waals surface area (Å²) in [4.78, 5) is 0. The molecular formula is C13H22. The van der Waals surface area contributed by atoms with Crippen molar-refractivity contribution in [2.75, 3.05) is 0 Å². The highest BCUT2D eigenvalue weighted by Crippen LogP contribution is 2.24. The molecule has 0 bridgehead atoms. The number of hydrogen-bond donors (Lipinski definition) is 0. The van der Waals surface area contributed by atoms with Gasteiger partial charge >= 0.3 is 0 Å². The summed E-state index contributed by atoms with van der Waals surface area (Å²) in [5, 5.41) is 0. The molecule has 0 amide bonds. The van der Waals surface area contributed by atoms with Gasteiger partial charge in [-0.05, 0) is 25.2 Å². The topological polar surface area (TPSA) is 0 Å². The molecule has 0 saturated heterocycles. The number of hydrogen-bond acceptors (Lipinski definition) is 0. The second-order valence-electron chi connectivity index (χ2n) is 4.12. The van der Waals surface area contributed by atoms with Gasteiger partial charge in [-0.25, -0.2) is 0 Å². The van der Waals surface area contributed by atoms with Crippen LogP contribution in [-0.4, -0.2) is 0 Å². The maximum absolute atomic E-state index is 2.34. The summed E-state index contributed by atoms with van der Waals surface area (Å²) in [6.07, 6.45) is 14.9. The lowest BCUT2D eigenvalue weighted by Crippen LogP contribution is -2.01. The van der Waals surface area contributed by atoms with E-state index >= 15 is 0 Å². The largest absolute Gasteiger partial charge is 0.0840 e. The van der Waals surface area contributed by atoms with Gasteiger partial charge in [-0.2, -0.15) is 0 Å². The maximum Gasteiger partial charge on any atom is -0.0194 e. The van der Waals surface area contributed by atoms with E-state index in [9.17, 15) is 0 Å². The molecule has 13 heavy (non-hydrogen) atoms. The molecule has 0 N–H and O–H groups in total. The van der Waals surface area contributed by atoms with Crippen molar-refractivity contribution >= 4 is 0 Å². The second-order valence-corrected chi connectivity index (χ2v) is 4.12. The molecule has 0 aromatic carbocycles. The standard InChI is InChI=1S/C13H22/c1-3-4-5-6-10-13-11-8-7-9-12(13)2/h7-8,11-12H,3-6,9-10H2,1-2H3. The Kier molecular flexibility index (Phi) is 4.88. The summed E-state index contributed by atoms with van der Waals surface area (Å²) in [5.41, 5.74) is 1.67. The zero-order valence-electron chi connectivity index (χ0n) is 9.05. The van der Waals surface area contributed by atoms with Crippen molar-refractivity contribution < 1.29 is 0 Å². The van der Waals surface area contributed by atoms with Crippen LogP contribution < -0.4 is 0 Å². The van der Waals surface area contributed by atoms with Gasteiger partial charge in [-0.3, -0.25) is 0 Å². The Morgan fingerprint density at radius 3 is 2.85 bits per heavy atom. The average Bonchev–Trinajstić information content (AvgIpc) is 2.15. The van der Waals surface area contributed by atoms with Crippen molar-refractivity contribution in [1.82, 2.24) is 0 Å². The number of rotatable bonds is 5. The number of allylic oxidation sites excluding steroid dienone is 4. The Balaban J connectivity index is 2.19. The highest BCUT2D eigenvalue weighted by Gasteiger charge is 2.08. The minimum Gasteiger partial charge on any atom is -0.0840 e. The van der Waals surface area contributed by atoms with Crippen LogP contribution in [0.15, 0.2) is 23.8 Å². The molecule has 74 valence electrons. The third-order valence-corrected chi connectivity index (χ3v) is 2.89. The van der Waals surface area contributed by atoms with Gasteiger partial charge in [0.05, 0.1) is 0 Å². The fourth-order valence-electron chi connectivity index (χ4n) is 1.88. The molecule has 0 fully saturated rings. The van der Waals surface area contributed by atoms with E-state index in [-0.39, 0.29) is 0 Å². The van der Waals surface area contributed by atoms with Crippen molar-refractivity contribution in [3.63, 3.8) is 0 Å². The second kappa shape index (κ2) is 6.01. The maximum atomic E-state index is 2.34. The molecule has 0 heteroatoms. The summed E-state index contributed by atoms with van der Waals surface area (Å²) >= 11 is 0. The molecule has 1 unspecified atom stereocenters. The van der Waals surface area contributed by atoms with E-state index in [0.717, 1.165) is 5.92 Å². The first-order valence-corrected chi connectivity index (χ1v) is 5.70. The van der Waals surface area contributed by atoms with Gasteiger partial charge in [0.15, 0.2) is 0 Å². The van der Waals surface area contributed by atoms with Crippen LogP contribution in [0.25, 0.3) is 0 Å². The smallest absolute Gasteiger partial charge is 0.0194 e. The molecule has 0 heterocycles. The third-order valence-electron chi connectivity index (χ3n) is 2.89. The highest BCUT2D eigenvalue weighted by molar-refractivity contribution is 5.20. The predicted molar refractivity (Wildman–Crippen MR) is 59.8 cm³/mol. The van der Waals surface area contributed by atoms with Gasteiger partial charge in [-0.1, -0.05) is 56.9 Å². The summed E-state index contributed by atoms with van der Waals surface area (Å²) in [6.45, 7) is 4.61. The zero-order valence-corrected chi connectivity index (χ0v) is 9.05. The minimum atomic E-state index is 0.798. The van der Waals surface area contributed by atoms with E-state index < -0.39 is 0 Å². The first-order valence-electron chi connectivity index (χ1n) is 5.70. The van der Waals surface area contributed by atoms with Gasteiger partial charge in [0, 0.05) is 0 Å². The normalized spacial score (nSPS) is 21.7. The monoisotopic (exact) mass is 178 g/mol. The summed E-state index contributed by atoms with van der Waals surface area (Å²) in [5.74, 6) is 0.798.